The molecule has 0 aliphatic rings. The summed E-state index contributed by atoms with van der Waals surface area (Å²) >= 11 is 3.06. The highest BCUT2D eigenvalue weighted by Crippen LogP contribution is 2.05. The number of carbonyl (C=O) groups is 1. The number of rotatable bonds is 1. The van der Waals surface area contributed by atoms with Crippen molar-refractivity contribution in [2.75, 3.05) is 7.11 Å². The summed E-state index contributed by atoms with van der Waals surface area (Å²) in [5.41, 5.74) is 0.902. The van der Waals surface area contributed by atoms with Gasteiger partial charge in [-0.25, -0.2) is 4.79 Å². The molecule has 0 N–H and O–H groups in total. The summed E-state index contributed by atoms with van der Waals surface area (Å²) in [6, 6.07) is 9.53. The summed E-state index contributed by atoms with van der Waals surface area (Å²) in [6.07, 6.45) is 1.47. The van der Waals surface area contributed by atoms with E-state index in [0.29, 0.717) is 4.48 Å². The third-order valence-corrected chi connectivity index (χ3v) is 2.12. The van der Waals surface area contributed by atoms with Crippen LogP contribution in [0.5, 0.6) is 0 Å². The summed E-state index contributed by atoms with van der Waals surface area (Å²) in [7, 11) is 1.32. The third-order valence-electron chi connectivity index (χ3n) is 1.57. The Bertz CT molecular complexity index is 424. The first kappa shape index (κ1) is 11.5. The van der Waals surface area contributed by atoms with Crippen molar-refractivity contribution in [3.63, 3.8) is 0 Å². The maximum Gasteiger partial charge on any atom is 0.345 e. The van der Waals surface area contributed by atoms with Gasteiger partial charge in [-0.15, -0.1) is 0 Å². The van der Waals surface area contributed by atoms with E-state index in [-0.39, 0.29) is 0 Å². The van der Waals surface area contributed by atoms with Crippen LogP contribution in [0.3, 0.4) is 0 Å². The Hall–Kier alpha value is -1.53. The molecule has 0 bridgehead atoms. The minimum Gasteiger partial charge on any atom is -0.465 e. The van der Waals surface area contributed by atoms with Gasteiger partial charge in [-0.2, -0.15) is 0 Å². The number of ether oxygens (including phenoxy) is 1. The molecule has 3 heteroatoms. The molecule has 76 valence electrons. The molecule has 0 unspecified atom stereocenters. The molecule has 0 saturated heterocycles. The Kier molecular flexibility index (Phi) is 4.65. The molecule has 1 aromatic rings. The monoisotopic (exact) mass is 264 g/mol. The largest absolute Gasteiger partial charge is 0.465 e. The first-order valence-electron chi connectivity index (χ1n) is 4.24. The standard InChI is InChI=1S/C12H9BrO2/c1-15-12(14)11(13)9-5-8-10-6-3-2-4-7-10/h2-4,6-7,9H,1H3/b11-9+. The summed E-state index contributed by atoms with van der Waals surface area (Å²) in [6.45, 7) is 0. The molecule has 0 aromatic heterocycles. The van der Waals surface area contributed by atoms with Gasteiger partial charge in [-0.3, -0.25) is 0 Å². The minimum absolute atomic E-state index is 0.313. The van der Waals surface area contributed by atoms with Crippen LogP contribution in [0.25, 0.3) is 0 Å². The minimum atomic E-state index is -0.433. The van der Waals surface area contributed by atoms with Crippen LogP contribution in [-0.2, 0) is 9.53 Å². The summed E-state index contributed by atoms with van der Waals surface area (Å²) < 4.78 is 4.81. The number of esters is 1. The molecule has 0 heterocycles. The zero-order valence-electron chi connectivity index (χ0n) is 8.16. The topological polar surface area (TPSA) is 26.3 Å². The van der Waals surface area contributed by atoms with Crippen LogP contribution in [0.2, 0.25) is 0 Å². The lowest BCUT2D eigenvalue weighted by molar-refractivity contribution is -0.135. The highest BCUT2D eigenvalue weighted by atomic mass is 79.9. The highest BCUT2D eigenvalue weighted by Gasteiger charge is 2.02. The van der Waals surface area contributed by atoms with E-state index in [1.807, 2.05) is 30.3 Å². The molecule has 15 heavy (non-hydrogen) atoms. The van der Waals surface area contributed by atoms with Gasteiger partial charge in [-0.05, 0) is 28.1 Å². The average Bonchev–Trinajstić information content (AvgIpc) is 2.29. The van der Waals surface area contributed by atoms with Gasteiger partial charge in [0.25, 0.3) is 0 Å². The lowest BCUT2D eigenvalue weighted by Gasteiger charge is -1.92. The SMILES string of the molecule is COC(=O)/C(Br)=C\C#Cc1ccccc1. The molecule has 1 aromatic carbocycles. The van der Waals surface area contributed by atoms with Crippen LogP contribution in [-0.4, -0.2) is 13.1 Å². The smallest absolute Gasteiger partial charge is 0.345 e. The van der Waals surface area contributed by atoms with E-state index >= 15 is 0 Å². The van der Waals surface area contributed by atoms with Gasteiger partial charge < -0.3 is 4.74 Å². The summed E-state index contributed by atoms with van der Waals surface area (Å²) in [5, 5.41) is 0. The molecule has 0 aliphatic heterocycles. The summed E-state index contributed by atoms with van der Waals surface area (Å²) in [4.78, 5) is 10.9. The average molecular weight is 265 g/mol. The lowest BCUT2D eigenvalue weighted by Crippen LogP contribution is -1.98. The second-order valence-corrected chi connectivity index (χ2v) is 3.47. The maximum atomic E-state index is 10.9. The predicted molar refractivity (Wildman–Crippen MR) is 62.3 cm³/mol. The molecular weight excluding hydrogens is 256 g/mol. The predicted octanol–water partition coefficient (Wildman–Crippen LogP) is 2.49. The molecule has 0 saturated carbocycles. The van der Waals surface area contributed by atoms with E-state index in [1.54, 1.807) is 0 Å². The Labute approximate surface area is 97.1 Å². The lowest BCUT2D eigenvalue weighted by atomic mass is 10.2. The fourth-order valence-electron chi connectivity index (χ4n) is 0.861. The molecule has 0 aliphatic carbocycles. The van der Waals surface area contributed by atoms with Crippen molar-refractivity contribution in [1.29, 1.82) is 0 Å². The van der Waals surface area contributed by atoms with E-state index in [9.17, 15) is 4.79 Å². The van der Waals surface area contributed by atoms with Gasteiger partial charge in [0.1, 0.15) is 4.48 Å². The summed E-state index contributed by atoms with van der Waals surface area (Å²) in [5.74, 6) is 5.21. The highest BCUT2D eigenvalue weighted by molar-refractivity contribution is 9.12. The zero-order chi connectivity index (χ0) is 11.1. The third kappa shape index (κ3) is 4.01. The first-order valence-corrected chi connectivity index (χ1v) is 5.04. The van der Waals surface area contributed by atoms with E-state index in [2.05, 4.69) is 32.5 Å². The number of carbonyl (C=O) groups excluding carboxylic acids is 1. The van der Waals surface area contributed by atoms with Crippen LogP contribution in [0, 0.1) is 11.8 Å². The van der Waals surface area contributed by atoms with Crippen molar-refractivity contribution < 1.29 is 9.53 Å². The number of benzene rings is 1. The molecule has 0 amide bonds. The van der Waals surface area contributed by atoms with Crippen molar-refractivity contribution in [3.05, 3.63) is 46.5 Å². The normalized spacial score (nSPS) is 10.1. The molecule has 0 radical (unpaired) electrons. The molecule has 0 atom stereocenters. The Morgan fingerprint density at radius 2 is 2.07 bits per heavy atom. The van der Waals surface area contributed by atoms with Crippen LogP contribution < -0.4 is 0 Å². The van der Waals surface area contributed by atoms with Gasteiger partial charge >= 0.3 is 5.97 Å². The number of allylic oxidation sites excluding steroid dienone is 1. The maximum absolute atomic E-state index is 10.9. The van der Waals surface area contributed by atoms with Crippen LogP contribution in [0.4, 0.5) is 0 Å². The van der Waals surface area contributed by atoms with Crippen LogP contribution in [0.15, 0.2) is 40.9 Å². The fourth-order valence-corrected chi connectivity index (χ4v) is 1.14. The Morgan fingerprint density at radius 3 is 2.67 bits per heavy atom. The van der Waals surface area contributed by atoms with Gasteiger partial charge in [0.15, 0.2) is 0 Å². The second-order valence-electron chi connectivity index (χ2n) is 2.62. The fraction of sp³-hybridized carbons (Fsp3) is 0.0833. The van der Waals surface area contributed by atoms with Crippen molar-refractivity contribution in [2.45, 2.75) is 0 Å². The van der Waals surface area contributed by atoms with Gasteiger partial charge in [0.2, 0.25) is 0 Å². The molecular formula is C12H9BrO2. The van der Waals surface area contributed by atoms with Gasteiger partial charge in [0.05, 0.1) is 7.11 Å². The number of methoxy groups -OCH3 is 1. The van der Waals surface area contributed by atoms with E-state index in [1.165, 1.54) is 13.2 Å². The van der Waals surface area contributed by atoms with Crippen molar-refractivity contribution in [2.24, 2.45) is 0 Å². The van der Waals surface area contributed by atoms with E-state index < -0.39 is 5.97 Å². The molecule has 0 spiro atoms. The molecule has 1 rings (SSSR count). The van der Waals surface area contributed by atoms with Crippen LogP contribution in [0.1, 0.15) is 5.56 Å². The zero-order valence-corrected chi connectivity index (χ0v) is 9.74. The Morgan fingerprint density at radius 1 is 1.40 bits per heavy atom. The van der Waals surface area contributed by atoms with Crippen molar-refractivity contribution >= 4 is 21.9 Å². The molecule has 2 nitrogen and oxygen atoms in total. The van der Waals surface area contributed by atoms with Crippen LogP contribution >= 0.6 is 15.9 Å². The van der Waals surface area contributed by atoms with Gasteiger partial charge in [-0.1, -0.05) is 30.0 Å². The second kappa shape index (κ2) is 6.05. The Balaban J connectivity index is 2.72. The van der Waals surface area contributed by atoms with E-state index in [4.69, 9.17) is 0 Å². The molecule has 0 fully saturated rings. The van der Waals surface area contributed by atoms with Gasteiger partial charge in [0, 0.05) is 11.6 Å². The number of hydrogen-bond acceptors (Lipinski definition) is 2. The number of halogens is 1. The van der Waals surface area contributed by atoms with E-state index in [0.717, 1.165) is 5.56 Å². The quantitative estimate of drug-likeness (QED) is 0.443. The number of hydrogen-bond donors (Lipinski definition) is 0. The first-order chi connectivity index (χ1) is 7.24. The van der Waals surface area contributed by atoms with Crippen molar-refractivity contribution in [3.8, 4) is 11.8 Å². The van der Waals surface area contributed by atoms with Crippen molar-refractivity contribution in [1.82, 2.24) is 0 Å².